The van der Waals surface area contributed by atoms with Gasteiger partial charge >= 0.3 is 6.18 Å². The van der Waals surface area contributed by atoms with E-state index in [1.807, 2.05) is 4.90 Å². The Hall–Kier alpha value is -2.64. The summed E-state index contributed by atoms with van der Waals surface area (Å²) in [6, 6.07) is 6.80. The summed E-state index contributed by atoms with van der Waals surface area (Å²) in [5.74, 6) is 0.360. The van der Waals surface area contributed by atoms with Crippen molar-refractivity contribution in [3.05, 3.63) is 47.3 Å². The molecule has 2 aromatic rings. The van der Waals surface area contributed by atoms with Crippen LogP contribution in [0.1, 0.15) is 28.2 Å². The lowest BCUT2D eigenvalue weighted by Crippen LogP contribution is -2.24. The first-order valence-electron chi connectivity index (χ1n) is 8.21. The van der Waals surface area contributed by atoms with E-state index in [0.29, 0.717) is 36.7 Å². The highest BCUT2D eigenvalue weighted by Crippen LogP contribution is 2.36. The minimum absolute atomic E-state index is 0.0556. The number of para-hydroxylation sites is 1. The number of hydrogen-bond acceptors (Lipinski definition) is 5. The van der Waals surface area contributed by atoms with Gasteiger partial charge in [-0.2, -0.15) is 13.2 Å². The topological polar surface area (TPSA) is 55.3 Å². The van der Waals surface area contributed by atoms with Gasteiger partial charge in [0.1, 0.15) is 11.4 Å². The summed E-state index contributed by atoms with van der Waals surface area (Å²) in [6.45, 7) is 3.19. The highest BCUT2D eigenvalue weighted by Gasteiger charge is 2.34. The monoisotopic (exact) mass is 365 g/mol. The molecule has 3 rings (SSSR count). The Bertz CT molecular complexity index is 795. The van der Waals surface area contributed by atoms with Crippen LogP contribution in [-0.4, -0.2) is 36.0 Å². The van der Waals surface area contributed by atoms with Crippen molar-refractivity contribution in [3.63, 3.8) is 0 Å². The molecule has 0 bridgehead atoms. The number of alkyl halides is 3. The van der Waals surface area contributed by atoms with E-state index in [9.17, 15) is 18.0 Å². The second kappa shape index (κ2) is 7.31. The molecule has 1 aromatic heterocycles. The molecule has 1 unspecified atom stereocenters. The van der Waals surface area contributed by atoms with Gasteiger partial charge in [-0.15, -0.1) is 0 Å². The first kappa shape index (κ1) is 18.2. The van der Waals surface area contributed by atoms with Gasteiger partial charge in [-0.1, -0.05) is 12.1 Å². The van der Waals surface area contributed by atoms with Gasteiger partial charge in [-0.05, 0) is 31.5 Å². The Morgan fingerprint density at radius 1 is 1.31 bits per heavy atom. The van der Waals surface area contributed by atoms with Gasteiger partial charge in [-0.25, -0.2) is 9.97 Å². The van der Waals surface area contributed by atoms with Crippen LogP contribution in [0.25, 0.3) is 0 Å². The molecule has 1 atom stereocenters. The molecule has 5 nitrogen and oxygen atoms in total. The summed E-state index contributed by atoms with van der Waals surface area (Å²) in [5.41, 5.74) is 0.231. The Labute approximate surface area is 148 Å². The van der Waals surface area contributed by atoms with Gasteiger partial charge in [-0.3, -0.25) is 4.79 Å². The molecule has 0 amide bonds. The van der Waals surface area contributed by atoms with E-state index in [1.54, 1.807) is 13.0 Å². The molecule has 0 N–H and O–H groups in total. The van der Waals surface area contributed by atoms with E-state index in [2.05, 4.69) is 9.97 Å². The number of halogens is 3. The smallest absolute Gasteiger partial charge is 0.419 e. The molecule has 138 valence electrons. The van der Waals surface area contributed by atoms with E-state index in [4.69, 9.17) is 4.74 Å². The van der Waals surface area contributed by atoms with Crippen LogP contribution in [0.2, 0.25) is 0 Å². The maximum Gasteiger partial charge on any atom is 0.419 e. The number of nitrogens with zero attached hydrogens (tertiary/aromatic N) is 3. The predicted octanol–water partition coefficient (Wildman–Crippen LogP) is 3.52. The molecule has 1 saturated heterocycles. The minimum Gasteiger partial charge on any atom is -0.493 e. The lowest BCUT2D eigenvalue weighted by Gasteiger charge is -2.18. The van der Waals surface area contributed by atoms with Gasteiger partial charge in [0.15, 0.2) is 6.29 Å². The molecule has 1 aliphatic heterocycles. The van der Waals surface area contributed by atoms with Gasteiger partial charge in [0, 0.05) is 24.7 Å². The normalized spacial score (nSPS) is 17.4. The fraction of sp³-hybridized carbons (Fsp3) is 0.389. The second-order valence-corrected chi connectivity index (χ2v) is 6.26. The van der Waals surface area contributed by atoms with E-state index in [0.717, 1.165) is 12.5 Å². The number of hydrogen-bond donors (Lipinski definition) is 0. The molecule has 0 radical (unpaired) electrons. The molecule has 8 heteroatoms. The third kappa shape index (κ3) is 4.12. The molecule has 26 heavy (non-hydrogen) atoms. The van der Waals surface area contributed by atoms with Crippen molar-refractivity contribution < 1.29 is 22.7 Å². The first-order valence-corrected chi connectivity index (χ1v) is 8.21. The zero-order valence-electron chi connectivity index (χ0n) is 14.2. The lowest BCUT2D eigenvalue weighted by molar-refractivity contribution is -0.139. The number of ether oxygens (including phenoxy) is 1. The van der Waals surface area contributed by atoms with Crippen LogP contribution < -0.4 is 9.64 Å². The summed E-state index contributed by atoms with van der Waals surface area (Å²) in [6.07, 6.45) is -3.02. The summed E-state index contributed by atoms with van der Waals surface area (Å²) in [4.78, 5) is 21.4. The molecular weight excluding hydrogens is 347 g/mol. The standard InChI is InChI=1S/C18H18F3N3O2/c1-12-8-14(10-25)23-17(22-12)24-7-6-13(9-24)11-26-16-5-3-2-4-15(16)18(19,20)21/h2-5,8,10,13H,6-7,9,11H2,1H3. The lowest BCUT2D eigenvalue weighted by atomic mass is 10.1. The highest BCUT2D eigenvalue weighted by atomic mass is 19.4. The third-order valence-corrected chi connectivity index (χ3v) is 4.22. The molecule has 2 heterocycles. The molecule has 1 aliphatic rings. The van der Waals surface area contributed by atoms with Crippen molar-refractivity contribution in [2.75, 3.05) is 24.6 Å². The van der Waals surface area contributed by atoms with Crippen LogP contribution in [0.4, 0.5) is 19.1 Å². The van der Waals surface area contributed by atoms with Gasteiger partial charge in [0.25, 0.3) is 0 Å². The minimum atomic E-state index is -4.45. The number of aldehydes is 1. The van der Waals surface area contributed by atoms with Gasteiger partial charge in [0.2, 0.25) is 5.95 Å². The van der Waals surface area contributed by atoms with E-state index < -0.39 is 11.7 Å². The number of carbonyl (C=O) groups is 1. The number of carbonyl (C=O) groups excluding carboxylic acids is 1. The first-order chi connectivity index (χ1) is 12.4. The maximum absolute atomic E-state index is 13.0. The SMILES string of the molecule is Cc1cc(C=O)nc(N2CCC(COc3ccccc3C(F)(F)F)C2)n1. The van der Waals surface area contributed by atoms with Gasteiger partial charge in [0.05, 0.1) is 12.2 Å². The zero-order chi connectivity index (χ0) is 18.7. The molecule has 1 aromatic carbocycles. The molecule has 1 fully saturated rings. The summed E-state index contributed by atoms with van der Waals surface area (Å²) < 4.78 is 44.5. The quantitative estimate of drug-likeness (QED) is 0.759. The number of benzene rings is 1. The molecular formula is C18H18F3N3O2. The summed E-state index contributed by atoms with van der Waals surface area (Å²) >= 11 is 0. The Kier molecular flexibility index (Phi) is 5.11. The largest absolute Gasteiger partial charge is 0.493 e. The Morgan fingerprint density at radius 2 is 2.08 bits per heavy atom. The number of aryl methyl sites for hydroxylation is 1. The van der Waals surface area contributed by atoms with E-state index in [1.165, 1.54) is 18.2 Å². The van der Waals surface area contributed by atoms with Crippen molar-refractivity contribution >= 4 is 12.2 Å². The van der Waals surface area contributed by atoms with Gasteiger partial charge < -0.3 is 9.64 Å². The Balaban J connectivity index is 1.64. The molecule has 0 aliphatic carbocycles. The van der Waals surface area contributed by atoms with Crippen molar-refractivity contribution in [1.82, 2.24) is 9.97 Å². The van der Waals surface area contributed by atoms with Crippen LogP contribution in [0.15, 0.2) is 30.3 Å². The summed E-state index contributed by atoms with van der Waals surface area (Å²) in [5, 5.41) is 0. The average molecular weight is 365 g/mol. The van der Waals surface area contributed by atoms with Crippen molar-refractivity contribution in [1.29, 1.82) is 0 Å². The number of anilines is 1. The van der Waals surface area contributed by atoms with Crippen LogP contribution in [-0.2, 0) is 6.18 Å². The van der Waals surface area contributed by atoms with Crippen LogP contribution in [0.3, 0.4) is 0 Å². The van der Waals surface area contributed by atoms with E-state index >= 15 is 0 Å². The average Bonchev–Trinajstić information content (AvgIpc) is 3.08. The predicted molar refractivity (Wildman–Crippen MR) is 89.4 cm³/mol. The fourth-order valence-corrected chi connectivity index (χ4v) is 2.96. The highest BCUT2D eigenvalue weighted by molar-refractivity contribution is 5.72. The van der Waals surface area contributed by atoms with Crippen LogP contribution in [0.5, 0.6) is 5.75 Å². The maximum atomic E-state index is 13.0. The van der Waals surface area contributed by atoms with Crippen LogP contribution >= 0.6 is 0 Å². The second-order valence-electron chi connectivity index (χ2n) is 6.26. The third-order valence-electron chi connectivity index (χ3n) is 4.22. The zero-order valence-corrected chi connectivity index (χ0v) is 14.2. The summed E-state index contributed by atoms with van der Waals surface area (Å²) in [7, 11) is 0. The molecule has 0 saturated carbocycles. The van der Waals surface area contributed by atoms with Crippen LogP contribution in [0, 0.1) is 12.8 Å². The van der Waals surface area contributed by atoms with Crippen molar-refractivity contribution in [2.45, 2.75) is 19.5 Å². The Morgan fingerprint density at radius 3 is 2.81 bits per heavy atom. The van der Waals surface area contributed by atoms with Crippen molar-refractivity contribution in [2.24, 2.45) is 5.92 Å². The number of rotatable bonds is 5. The fourth-order valence-electron chi connectivity index (χ4n) is 2.96. The number of aromatic nitrogens is 2. The van der Waals surface area contributed by atoms with E-state index in [-0.39, 0.29) is 18.3 Å². The molecule has 0 spiro atoms. The van der Waals surface area contributed by atoms with Crippen molar-refractivity contribution in [3.8, 4) is 5.75 Å².